The Bertz CT molecular complexity index is 64.9. The molecule has 1 unspecified atom stereocenters. The molecule has 14 heavy (non-hydrogen) atoms. The third kappa shape index (κ3) is 60.1. The zero-order valence-electron chi connectivity index (χ0n) is 9.28. The molecule has 0 amide bonds. The van der Waals surface area contributed by atoms with Crippen LogP contribution in [0.15, 0.2) is 0 Å². The van der Waals surface area contributed by atoms with Gasteiger partial charge in [0.1, 0.15) is 0 Å². The highest BCUT2D eigenvalue weighted by Crippen LogP contribution is 1.59. The van der Waals surface area contributed by atoms with Crippen molar-refractivity contribution in [3.05, 3.63) is 0 Å². The first-order valence-electron chi connectivity index (χ1n) is 4.86. The fraction of sp³-hybridized carbons (Fsp3) is 1.00. The summed E-state index contributed by atoms with van der Waals surface area (Å²) in [7, 11) is 0. The van der Waals surface area contributed by atoms with Crippen molar-refractivity contribution in [2.45, 2.75) is 19.4 Å². The third-order valence-corrected chi connectivity index (χ3v) is 0.947. The number of hydrogen-bond donors (Lipinski definition) is 6. The quantitative estimate of drug-likeness (QED) is 0.299. The summed E-state index contributed by atoms with van der Waals surface area (Å²) in [6.07, 6.45) is 0.944. The van der Waals surface area contributed by atoms with Gasteiger partial charge in [-0.25, -0.2) is 0 Å². The van der Waals surface area contributed by atoms with Gasteiger partial charge < -0.3 is 34.4 Å². The van der Waals surface area contributed by atoms with Gasteiger partial charge in [0.15, 0.2) is 0 Å². The molecule has 0 aromatic heterocycles. The highest BCUT2D eigenvalue weighted by atomic mass is 14.7. The first kappa shape index (κ1) is 19.4. The molecule has 0 aromatic carbocycles. The Morgan fingerprint density at radius 1 is 0.786 bits per heavy atom. The van der Waals surface area contributed by atoms with Crippen LogP contribution in [0.2, 0.25) is 0 Å². The van der Waals surface area contributed by atoms with Gasteiger partial charge in [0.05, 0.1) is 0 Å². The lowest BCUT2D eigenvalue weighted by Gasteiger charge is -1.92. The molecule has 0 aliphatic rings. The van der Waals surface area contributed by atoms with Crippen molar-refractivity contribution in [3.63, 3.8) is 0 Å². The van der Waals surface area contributed by atoms with Gasteiger partial charge >= 0.3 is 0 Å². The lowest BCUT2D eigenvalue weighted by atomic mass is 10.4. The summed E-state index contributed by atoms with van der Waals surface area (Å²) in [4.78, 5) is 0. The lowest BCUT2D eigenvalue weighted by molar-refractivity contribution is 0.752. The first-order valence-corrected chi connectivity index (χ1v) is 4.86. The van der Waals surface area contributed by atoms with Gasteiger partial charge in [-0.1, -0.05) is 0 Å². The molecule has 0 heterocycles. The normalized spacial score (nSPS) is 10.5. The van der Waals surface area contributed by atoms with Crippen LogP contribution in [0.25, 0.3) is 0 Å². The SMILES string of the molecule is CC(N)CN.NCCCN.NCCN. The van der Waals surface area contributed by atoms with Crippen LogP contribution < -0.4 is 34.4 Å². The predicted octanol–water partition coefficient (Wildman–Crippen LogP) is -2.51. The van der Waals surface area contributed by atoms with Gasteiger partial charge in [0, 0.05) is 25.7 Å². The summed E-state index contributed by atoms with van der Waals surface area (Å²) in [5.74, 6) is 0. The Balaban J connectivity index is -0.000000131. The van der Waals surface area contributed by atoms with E-state index in [0.29, 0.717) is 19.6 Å². The predicted molar refractivity (Wildman–Crippen MR) is 63.5 cm³/mol. The first-order chi connectivity index (χ1) is 6.60. The van der Waals surface area contributed by atoms with Crippen molar-refractivity contribution in [1.29, 1.82) is 0 Å². The van der Waals surface area contributed by atoms with Gasteiger partial charge in [-0.15, -0.1) is 0 Å². The zero-order chi connectivity index (χ0) is 11.8. The zero-order valence-corrected chi connectivity index (χ0v) is 9.28. The molecule has 0 aliphatic carbocycles. The molecule has 12 N–H and O–H groups in total. The molecule has 0 saturated carbocycles. The van der Waals surface area contributed by atoms with Crippen LogP contribution in [0.5, 0.6) is 0 Å². The molecule has 0 saturated heterocycles. The molecular weight excluding hydrogens is 180 g/mol. The summed E-state index contributed by atoms with van der Waals surface area (Å²) >= 11 is 0. The monoisotopic (exact) mass is 208 g/mol. The third-order valence-electron chi connectivity index (χ3n) is 0.947. The van der Waals surface area contributed by atoms with E-state index in [2.05, 4.69) is 0 Å². The van der Waals surface area contributed by atoms with Crippen molar-refractivity contribution in [3.8, 4) is 0 Å². The highest BCUT2D eigenvalue weighted by molar-refractivity contribution is 4.48. The summed E-state index contributed by atoms with van der Waals surface area (Å²) in [5, 5.41) is 0. The van der Waals surface area contributed by atoms with E-state index in [1.165, 1.54) is 0 Å². The van der Waals surface area contributed by atoms with E-state index in [0.717, 1.165) is 19.5 Å². The average molecular weight is 208 g/mol. The smallest absolute Gasteiger partial charge is 0.0134 e. The van der Waals surface area contributed by atoms with Crippen LogP contribution in [-0.2, 0) is 0 Å². The molecule has 90 valence electrons. The van der Waals surface area contributed by atoms with Crippen LogP contribution in [0.3, 0.4) is 0 Å². The molecule has 0 spiro atoms. The van der Waals surface area contributed by atoms with Crippen LogP contribution in [-0.4, -0.2) is 38.8 Å². The molecule has 1 atom stereocenters. The lowest BCUT2D eigenvalue weighted by Crippen LogP contribution is -2.25. The van der Waals surface area contributed by atoms with Gasteiger partial charge in [-0.05, 0) is 26.4 Å². The van der Waals surface area contributed by atoms with E-state index in [4.69, 9.17) is 34.4 Å². The standard InChI is InChI=1S/2C3H10N2.C2H8N2/c1-3(5)2-4;4-2-1-3-5;3-1-2-4/h3H,2,4-5H2,1H3;1-5H2;1-4H2. The van der Waals surface area contributed by atoms with Crippen LogP contribution in [0.4, 0.5) is 0 Å². The minimum absolute atomic E-state index is 0.162. The molecule has 0 rings (SSSR count). The Hall–Kier alpha value is -0.240. The van der Waals surface area contributed by atoms with Crippen LogP contribution >= 0.6 is 0 Å². The van der Waals surface area contributed by atoms with Crippen LogP contribution in [0, 0.1) is 0 Å². The van der Waals surface area contributed by atoms with E-state index in [-0.39, 0.29) is 6.04 Å². The van der Waals surface area contributed by atoms with Gasteiger partial charge in [-0.2, -0.15) is 0 Å². The van der Waals surface area contributed by atoms with E-state index < -0.39 is 0 Å². The molecule has 0 aliphatic heterocycles. The number of rotatable bonds is 4. The summed E-state index contributed by atoms with van der Waals surface area (Å²) in [6.45, 7) is 5.09. The molecule has 0 radical (unpaired) electrons. The van der Waals surface area contributed by atoms with Gasteiger partial charge in [-0.3, -0.25) is 0 Å². The largest absolute Gasteiger partial charge is 0.330 e. The maximum Gasteiger partial charge on any atom is 0.0134 e. The van der Waals surface area contributed by atoms with E-state index >= 15 is 0 Å². The second kappa shape index (κ2) is 23.0. The Morgan fingerprint density at radius 3 is 1.07 bits per heavy atom. The minimum Gasteiger partial charge on any atom is -0.330 e. The van der Waals surface area contributed by atoms with Crippen molar-refractivity contribution < 1.29 is 0 Å². The van der Waals surface area contributed by atoms with Gasteiger partial charge in [0.25, 0.3) is 0 Å². The maximum absolute atomic E-state index is 5.17. The molecule has 6 nitrogen and oxygen atoms in total. The van der Waals surface area contributed by atoms with Crippen molar-refractivity contribution >= 4 is 0 Å². The second-order valence-electron chi connectivity index (χ2n) is 2.72. The Labute approximate surface area is 87.3 Å². The van der Waals surface area contributed by atoms with Crippen molar-refractivity contribution in [1.82, 2.24) is 0 Å². The number of nitrogens with two attached hydrogens (primary N) is 6. The Morgan fingerprint density at radius 2 is 1.07 bits per heavy atom. The van der Waals surface area contributed by atoms with E-state index in [1.807, 2.05) is 6.92 Å². The molecule has 6 heteroatoms. The van der Waals surface area contributed by atoms with Crippen LogP contribution in [0.1, 0.15) is 13.3 Å². The molecule has 0 bridgehead atoms. The number of hydrogen-bond acceptors (Lipinski definition) is 6. The molecule has 0 aromatic rings. The molecule has 0 fully saturated rings. The topological polar surface area (TPSA) is 156 Å². The highest BCUT2D eigenvalue weighted by Gasteiger charge is 1.79. The van der Waals surface area contributed by atoms with Crippen molar-refractivity contribution in [2.75, 3.05) is 32.7 Å². The van der Waals surface area contributed by atoms with E-state index in [1.54, 1.807) is 0 Å². The van der Waals surface area contributed by atoms with E-state index in [9.17, 15) is 0 Å². The summed E-state index contributed by atoms with van der Waals surface area (Å²) in [5.41, 5.74) is 30.1. The molecular formula is C8H28N6. The van der Waals surface area contributed by atoms with Crippen molar-refractivity contribution in [2.24, 2.45) is 34.4 Å². The minimum atomic E-state index is 0.162. The average Bonchev–Trinajstić information content (AvgIpc) is 2.20. The second-order valence-corrected chi connectivity index (χ2v) is 2.72. The summed E-state index contributed by atoms with van der Waals surface area (Å²) < 4.78 is 0. The Kier molecular flexibility index (Phi) is 31.8. The summed E-state index contributed by atoms with van der Waals surface area (Å²) in [6, 6.07) is 0.162. The fourth-order valence-corrected chi connectivity index (χ4v) is 0.118. The maximum atomic E-state index is 5.17. The van der Waals surface area contributed by atoms with Gasteiger partial charge in [0.2, 0.25) is 0 Å². The fourth-order valence-electron chi connectivity index (χ4n) is 0.118.